The number of methoxy groups -OCH3 is 1. The SMILES string of the molecule is COc1cccc(C2(Cl)CC2)c1. The molecule has 0 radical (unpaired) electrons. The minimum absolute atomic E-state index is 0.0749. The van der Waals surface area contributed by atoms with Crippen molar-refractivity contribution >= 4 is 11.6 Å². The molecule has 1 aromatic carbocycles. The second kappa shape index (κ2) is 2.67. The van der Waals surface area contributed by atoms with Crippen LogP contribution in [0.25, 0.3) is 0 Å². The number of alkyl halides is 1. The molecule has 12 heavy (non-hydrogen) atoms. The Bertz CT molecular complexity index is 292. The summed E-state index contributed by atoms with van der Waals surface area (Å²) in [4.78, 5) is -0.0749. The van der Waals surface area contributed by atoms with Gasteiger partial charge in [-0.15, -0.1) is 11.6 Å². The van der Waals surface area contributed by atoms with Crippen molar-refractivity contribution in [1.82, 2.24) is 0 Å². The maximum atomic E-state index is 6.24. The van der Waals surface area contributed by atoms with Crippen LogP contribution in [0.2, 0.25) is 0 Å². The Kier molecular flexibility index (Phi) is 1.76. The molecule has 0 aliphatic heterocycles. The lowest BCUT2D eigenvalue weighted by Gasteiger charge is -2.07. The first kappa shape index (κ1) is 7.93. The van der Waals surface area contributed by atoms with Gasteiger partial charge < -0.3 is 4.74 Å². The third-order valence-corrected chi connectivity index (χ3v) is 2.87. The number of ether oxygens (including phenoxy) is 1. The van der Waals surface area contributed by atoms with Gasteiger partial charge in [-0.3, -0.25) is 0 Å². The highest BCUT2D eigenvalue weighted by molar-refractivity contribution is 6.25. The molecule has 1 aliphatic carbocycles. The molecule has 2 heteroatoms. The summed E-state index contributed by atoms with van der Waals surface area (Å²) in [5.74, 6) is 0.888. The molecule has 0 N–H and O–H groups in total. The van der Waals surface area contributed by atoms with Gasteiger partial charge in [0, 0.05) is 0 Å². The van der Waals surface area contributed by atoms with Gasteiger partial charge in [0.15, 0.2) is 0 Å². The van der Waals surface area contributed by atoms with Gasteiger partial charge in [0.1, 0.15) is 5.75 Å². The van der Waals surface area contributed by atoms with Crippen LogP contribution in [0.15, 0.2) is 24.3 Å². The number of benzene rings is 1. The molecule has 0 heterocycles. The monoisotopic (exact) mass is 182 g/mol. The first-order valence-corrected chi connectivity index (χ1v) is 4.46. The van der Waals surface area contributed by atoms with Crippen LogP contribution in [0.4, 0.5) is 0 Å². The van der Waals surface area contributed by atoms with E-state index in [1.165, 1.54) is 5.56 Å². The van der Waals surface area contributed by atoms with Crippen LogP contribution >= 0.6 is 11.6 Å². The van der Waals surface area contributed by atoms with Gasteiger partial charge >= 0.3 is 0 Å². The van der Waals surface area contributed by atoms with Crippen molar-refractivity contribution in [2.45, 2.75) is 17.7 Å². The van der Waals surface area contributed by atoms with Gasteiger partial charge in [0.25, 0.3) is 0 Å². The summed E-state index contributed by atoms with van der Waals surface area (Å²) in [7, 11) is 1.67. The minimum Gasteiger partial charge on any atom is -0.497 e. The fourth-order valence-corrected chi connectivity index (χ4v) is 1.51. The second-order valence-electron chi connectivity index (χ2n) is 3.20. The Hall–Kier alpha value is -0.690. The zero-order valence-corrected chi connectivity index (χ0v) is 7.77. The lowest BCUT2D eigenvalue weighted by atomic mass is 10.1. The first-order chi connectivity index (χ1) is 5.74. The highest BCUT2D eigenvalue weighted by atomic mass is 35.5. The Morgan fingerprint density at radius 3 is 2.75 bits per heavy atom. The quantitative estimate of drug-likeness (QED) is 0.640. The molecule has 0 bridgehead atoms. The third kappa shape index (κ3) is 1.29. The molecule has 1 aromatic rings. The van der Waals surface area contributed by atoms with Crippen LogP contribution in [-0.4, -0.2) is 7.11 Å². The van der Waals surface area contributed by atoms with Gasteiger partial charge in [-0.1, -0.05) is 12.1 Å². The molecular formula is C10H11ClO. The standard InChI is InChI=1S/C10H11ClO/c1-12-9-4-2-3-8(7-9)10(11)5-6-10/h2-4,7H,5-6H2,1H3. The molecule has 0 saturated heterocycles. The topological polar surface area (TPSA) is 9.23 Å². The second-order valence-corrected chi connectivity index (χ2v) is 3.92. The van der Waals surface area contributed by atoms with Crippen LogP contribution in [0.1, 0.15) is 18.4 Å². The number of hydrogen-bond acceptors (Lipinski definition) is 1. The first-order valence-electron chi connectivity index (χ1n) is 4.08. The predicted molar refractivity (Wildman–Crippen MR) is 49.8 cm³/mol. The normalized spacial score (nSPS) is 18.8. The molecule has 1 saturated carbocycles. The van der Waals surface area contributed by atoms with Crippen molar-refractivity contribution in [2.75, 3.05) is 7.11 Å². The van der Waals surface area contributed by atoms with E-state index < -0.39 is 0 Å². The van der Waals surface area contributed by atoms with Gasteiger partial charge in [0.05, 0.1) is 12.0 Å². The number of hydrogen-bond donors (Lipinski definition) is 0. The molecule has 1 aliphatic rings. The number of halogens is 1. The van der Waals surface area contributed by atoms with E-state index in [1.54, 1.807) is 7.11 Å². The van der Waals surface area contributed by atoms with E-state index in [4.69, 9.17) is 16.3 Å². The van der Waals surface area contributed by atoms with E-state index in [-0.39, 0.29) is 4.87 Å². The van der Waals surface area contributed by atoms with Crippen molar-refractivity contribution in [1.29, 1.82) is 0 Å². The summed E-state index contributed by atoms with van der Waals surface area (Å²) in [6.07, 6.45) is 2.17. The smallest absolute Gasteiger partial charge is 0.119 e. The predicted octanol–water partition coefficient (Wildman–Crippen LogP) is 2.92. The van der Waals surface area contributed by atoms with Crippen molar-refractivity contribution < 1.29 is 4.74 Å². The molecule has 0 amide bonds. The van der Waals surface area contributed by atoms with E-state index in [0.29, 0.717) is 0 Å². The fourth-order valence-electron chi connectivity index (χ4n) is 1.30. The Morgan fingerprint density at radius 2 is 2.17 bits per heavy atom. The highest BCUT2D eigenvalue weighted by Crippen LogP contribution is 2.52. The largest absolute Gasteiger partial charge is 0.497 e. The summed E-state index contributed by atoms with van der Waals surface area (Å²) in [6, 6.07) is 7.99. The average Bonchev–Trinajstić information content (AvgIpc) is 2.85. The zero-order valence-electron chi connectivity index (χ0n) is 7.01. The summed E-state index contributed by atoms with van der Waals surface area (Å²) in [5, 5.41) is 0. The van der Waals surface area contributed by atoms with E-state index in [0.717, 1.165) is 18.6 Å². The van der Waals surface area contributed by atoms with Gasteiger partial charge in [-0.25, -0.2) is 0 Å². The van der Waals surface area contributed by atoms with Crippen LogP contribution in [0.5, 0.6) is 5.75 Å². The minimum atomic E-state index is -0.0749. The molecule has 0 atom stereocenters. The molecule has 0 unspecified atom stereocenters. The fraction of sp³-hybridized carbons (Fsp3) is 0.400. The lowest BCUT2D eigenvalue weighted by Crippen LogP contribution is -1.95. The van der Waals surface area contributed by atoms with Crippen LogP contribution < -0.4 is 4.74 Å². The Morgan fingerprint density at radius 1 is 1.42 bits per heavy atom. The van der Waals surface area contributed by atoms with Gasteiger partial charge in [-0.05, 0) is 30.5 Å². The Balaban J connectivity index is 2.32. The molecular weight excluding hydrogens is 172 g/mol. The summed E-state index contributed by atoms with van der Waals surface area (Å²) < 4.78 is 5.12. The molecule has 0 spiro atoms. The molecule has 1 fully saturated rings. The van der Waals surface area contributed by atoms with Crippen LogP contribution in [-0.2, 0) is 4.87 Å². The lowest BCUT2D eigenvalue weighted by molar-refractivity contribution is 0.414. The molecule has 1 nitrogen and oxygen atoms in total. The third-order valence-electron chi connectivity index (χ3n) is 2.28. The van der Waals surface area contributed by atoms with E-state index in [9.17, 15) is 0 Å². The van der Waals surface area contributed by atoms with Crippen molar-refractivity contribution in [2.24, 2.45) is 0 Å². The van der Waals surface area contributed by atoms with Crippen molar-refractivity contribution in [3.63, 3.8) is 0 Å². The zero-order chi connectivity index (χ0) is 8.60. The molecule has 2 rings (SSSR count). The Labute approximate surface area is 77.3 Å². The summed E-state index contributed by atoms with van der Waals surface area (Å²) >= 11 is 6.24. The van der Waals surface area contributed by atoms with E-state index in [2.05, 4.69) is 6.07 Å². The van der Waals surface area contributed by atoms with Crippen molar-refractivity contribution in [3.8, 4) is 5.75 Å². The van der Waals surface area contributed by atoms with Crippen molar-refractivity contribution in [3.05, 3.63) is 29.8 Å². The van der Waals surface area contributed by atoms with Gasteiger partial charge in [-0.2, -0.15) is 0 Å². The highest BCUT2D eigenvalue weighted by Gasteiger charge is 2.42. The van der Waals surface area contributed by atoms with Crippen LogP contribution in [0.3, 0.4) is 0 Å². The van der Waals surface area contributed by atoms with E-state index >= 15 is 0 Å². The maximum Gasteiger partial charge on any atom is 0.119 e. The maximum absolute atomic E-state index is 6.24. The average molecular weight is 183 g/mol. The van der Waals surface area contributed by atoms with Gasteiger partial charge in [0.2, 0.25) is 0 Å². The summed E-state index contributed by atoms with van der Waals surface area (Å²) in [5.41, 5.74) is 1.18. The molecule has 64 valence electrons. The van der Waals surface area contributed by atoms with E-state index in [1.807, 2.05) is 18.2 Å². The summed E-state index contributed by atoms with van der Waals surface area (Å²) in [6.45, 7) is 0. The van der Waals surface area contributed by atoms with Crippen LogP contribution in [0, 0.1) is 0 Å². The number of rotatable bonds is 2. The molecule has 0 aromatic heterocycles.